The van der Waals surface area contributed by atoms with Crippen LogP contribution in [0.2, 0.25) is 5.02 Å². The maximum absolute atomic E-state index is 13.4. The molecule has 2 aromatic heterocycles. The number of nitrogens with one attached hydrogen (secondary N) is 2. The number of halogens is 1. The van der Waals surface area contributed by atoms with Gasteiger partial charge >= 0.3 is 0 Å². The number of carbonyl (C=O) groups excluding carboxylic acids is 3. The van der Waals surface area contributed by atoms with Crippen molar-refractivity contribution >= 4 is 51.6 Å². The number of nitriles is 1. The summed E-state index contributed by atoms with van der Waals surface area (Å²) in [7, 11) is 0. The quantitative estimate of drug-likeness (QED) is 0.229. The van der Waals surface area contributed by atoms with Crippen molar-refractivity contribution in [1.29, 1.82) is 5.26 Å². The Balaban J connectivity index is 0.792. The van der Waals surface area contributed by atoms with E-state index in [4.69, 9.17) is 16.3 Å². The number of rotatable bonds is 9. The molecule has 2 aromatic carbocycles. The van der Waals surface area contributed by atoms with Crippen molar-refractivity contribution in [3.8, 4) is 11.8 Å². The maximum atomic E-state index is 13.4. The molecule has 16 heteroatoms. The van der Waals surface area contributed by atoms with Crippen LogP contribution in [0.5, 0.6) is 5.75 Å². The summed E-state index contributed by atoms with van der Waals surface area (Å²) in [5.41, 5.74) is 0.583. The van der Waals surface area contributed by atoms with Crippen LogP contribution in [0.25, 0.3) is 10.8 Å². The Bertz CT molecular complexity index is 2360. The van der Waals surface area contributed by atoms with E-state index in [0.29, 0.717) is 27.6 Å². The van der Waals surface area contributed by atoms with Gasteiger partial charge in [0.25, 0.3) is 17.4 Å². The molecule has 3 aliphatic heterocycles. The van der Waals surface area contributed by atoms with Gasteiger partial charge in [-0.15, -0.1) is 0 Å². The molecule has 5 heterocycles. The molecule has 1 atom stereocenters. The SMILES string of the molecule is CC1(C)C(NC(=O)c2cnc(N3CCC(CN4CCN(c5ccc6c(=O)n(C7CCC(=O)NC7=O)ncc6c5)CC4)CC3)cn2)C(C)(C)C1Oc1ccc(C#N)c(Cl)c1. The van der Waals surface area contributed by atoms with Gasteiger partial charge in [-0.25, -0.2) is 14.6 Å². The lowest BCUT2D eigenvalue weighted by Gasteiger charge is -2.63. The summed E-state index contributed by atoms with van der Waals surface area (Å²) in [6, 6.07) is 11.9. The van der Waals surface area contributed by atoms with Gasteiger partial charge in [0.1, 0.15) is 35.5 Å². The van der Waals surface area contributed by atoms with Crippen LogP contribution in [0.1, 0.15) is 75.5 Å². The number of anilines is 2. The van der Waals surface area contributed by atoms with Crippen molar-refractivity contribution in [2.45, 2.75) is 71.6 Å². The first-order valence-electron chi connectivity index (χ1n) is 20.3. The third-order valence-electron chi connectivity index (χ3n) is 12.8. The summed E-state index contributed by atoms with van der Waals surface area (Å²) in [4.78, 5) is 66.9. The zero-order chi connectivity index (χ0) is 41.6. The van der Waals surface area contributed by atoms with E-state index < -0.39 is 22.8 Å². The molecule has 15 nitrogen and oxygen atoms in total. The van der Waals surface area contributed by atoms with Gasteiger partial charge in [0.2, 0.25) is 5.91 Å². The molecule has 1 aliphatic carbocycles. The van der Waals surface area contributed by atoms with Crippen LogP contribution in [0.15, 0.2) is 59.8 Å². The first-order chi connectivity index (χ1) is 28.2. The Morgan fingerprint density at radius 2 is 1.68 bits per heavy atom. The molecule has 1 unspecified atom stereocenters. The van der Waals surface area contributed by atoms with E-state index in [0.717, 1.165) is 75.5 Å². The van der Waals surface area contributed by atoms with E-state index >= 15 is 0 Å². The van der Waals surface area contributed by atoms with Crippen LogP contribution < -0.4 is 30.7 Å². The predicted molar refractivity (Wildman–Crippen MR) is 222 cm³/mol. The monoisotopic (exact) mass is 820 g/mol. The van der Waals surface area contributed by atoms with E-state index in [1.54, 1.807) is 36.8 Å². The van der Waals surface area contributed by atoms with E-state index in [9.17, 15) is 24.4 Å². The highest BCUT2D eigenvalue weighted by molar-refractivity contribution is 6.31. The zero-order valence-electron chi connectivity index (χ0n) is 33.8. The smallest absolute Gasteiger partial charge is 0.275 e. The highest BCUT2D eigenvalue weighted by Gasteiger charge is 2.64. The van der Waals surface area contributed by atoms with Gasteiger partial charge in [-0.3, -0.25) is 29.4 Å². The summed E-state index contributed by atoms with van der Waals surface area (Å²) < 4.78 is 7.56. The Labute approximate surface area is 347 Å². The largest absolute Gasteiger partial charge is 0.489 e. The number of piperazine rings is 1. The van der Waals surface area contributed by atoms with Crippen molar-refractivity contribution < 1.29 is 19.1 Å². The molecule has 4 aromatic rings. The van der Waals surface area contributed by atoms with Gasteiger partial charge in [-0.05, 0) is 55.5 Å². The molecule has 8 rings (SSSR count). The van der Waals surface area contributed by atoms with Crippen molar-refractivity contribution in [3.05, 3.63) is 81.6 Å². The molecular formula is C43H49ClN10O5. The lowest BCUT2D eigenvalue weighted by molar-refractivity contribution is -0.164. The topological polar surface area (TPSA) is 179 Å². The molecule has 0 bridgehead atoms. The maximum Gasteiger partial charge on any atom is 0.275 e. The minimum atomic E-state index is -0.787. The van der Waals surface area contributed by atoms with Crippen molar-refractivity contribution in [1.82, 2.24) is 35.3 Å². The highest BCUT2D eigenvalue weighted by atomic mass is 35.5. The lowest BCUT2D eigenvalue weighted by atomic mass is 9.49. The van der Waals surface area contributed by atoms with Gasteiger partial charge in [-0.1, -0.05) is 39.3 Å². The van der Waals surface area contributed by atoms with Gasteiger partial charge in [-0.2, -0.15) is 10.4 Å². The third-order valence-corrected chi connectivity index (χ3v) is 13.1. The fraction of sp³-hybridized carbons (Fsp3) is 0.488. The Morgan fingerprint density at radius 1 is 0.932 bits per heavy atom. The van der Waals surface area contributed by atoms with Crippen molar-refractivity contribution in [3.63, 3.8) is 0 Å². The number of amides is 3. The first kappa shape index (κ1) is 40.2. The second-order valence-corrected chi connectivity index (χ2v) is 17.8. The van der Waals surface area contributed by atoms with Crippen LogP contribution in [-0.2, 0) is 9.59 Å². The average molecular weight is 821 g/mol. The number of benzene rings is 2. The fourth-order valence-electron chi connectivity index (χ4n) is 9.79. The van der Waals surface area contributed by atoms with Gasteiger partial charge in [0.05, 0.1) is 34.6 Å². The molecule has 0 radical (unpaired) electrons. The second-order valence-electron chi connectivity index (χ2n) is 17.4. The Morgan fingerprint density at radius 3 is 2.34 bits per heavy atom. The minimum absolute atomic E-state index is 0.179. The number of imide groups is 1. The van der Waals surface area contributed by atoms with Gasteiger partial charge in [0.15, 0.2) is 0 Å². The van der Waals surface area contributed by atoms with E-state index in [1.807, 2.05) is 18.2 Å². The van der Waals surface area contributed by atoms with Crippen molar-refractivity contribution in [2.75, 3.05) is 55.6 Å². The number of piperidine rings is 2. The van der Waals surface area contributed by atoms with E-state index in [2.05, 4.69) is 74.2 Å². The lowest BCUT2D eigenvalue weighted by Crippen LogP contribution is -2.74. The Hall–Kier alpha value is -5.59. The standard InChI is InChI=1S/C43H49ClN10O5/c1-42(2)40(43(3,4)41(42)59-30-7-5-27(21-45)32(44)20-30)50-37(56)33-23-47-35(24-46-33)53-13-11-26(12-14-53)25-51-15-17-52(18-16-51)29-6-8-31-28(19-29)22-48-54(39(31)58)34-9-10-36(55)49-38(34)57/h5-8,19-20,22-24,26,34,40-41H,9-18,25H2,1-4H3,(H,50,56)(H,49,55,57). The highest BCUT2D eigenvalue weighted by Crippen LogP contribution is 2.55. The molecule has 59 heavy (non-hydrogen) atoms. The van der Waals surface area contributed by atoms with Crippen LogP contribution in [0.3, 0.4) is 0 Å². The van der Waals surface area contributed by atoms with Crippen LogP contribution in [0.4, 0.5) is 11.5 Å². The normalized spacial score (nSPS) is 23.3. The number of aromatic nitrogens is 4. The zero-order valence-corrected chi connectivity index (χ0v) is 34.5. The van der Waals surface area contributed by atoms with Gasteiger partial charge < -0.3 is 19.9 Å². The first-order valence-corrected chi connectivity index (χ1v) is 20.7. The van der Waals surface area contributed by atoms with Crippen LogP contribution in [-0.4, -0.2) is 100 Å². The van der Waals surface area contributed by atoms with E-state index in [-0.39, 0.29) is 48.1 Å². The number of nitrogens with zero attached hydrogens (tertiary/aromatic N) is 8. The van der Waals surface area contributed by atoms with Crippen molar-refractivity contribution in [2.24, 2.45) is 16.7 Å². The molecular weight excluding hydrogens is 772 g/mol. The Kier molecular flexibility index (Phi) is 10.8. The number of ether oxygens (including phenoxy) is 1. The molecule has 1 saturated carbocycles. The summed E-state index contributed by atoms with van der Waals surface area (Å²) in [5.74, 6) is 0.829. The van der Waals surface area contributed by atoms with Gasteiger partial charge in [0, 0.05) is 86.2 Å². The summed E-state index contributed by atoms with van der Waals surface area (Å²) in [5, 5.41) is 20.6. The summed E-state index contributed by atoms with van der Waals surface area (Å²) in [6.45, 7) is 14.7. The van der Waals surface area contributed by atoms with E-state index in [1.165, 1.54) is 4.68 Å². The predicted octanol–water partition coefficient (Wildman–Crippen LogP) is 4.34. The number of hydrogen-bond acceptors (Lipinski definition) is 12. The van der Waals surface area contributed by atoms with Crippen LogP contribution >= 0.6 is 11.6 Å². The molecule has 3 amide bonds. The number of hydrogen-bond donors (Lipinski definition) is 2. The molecule has 308 valence electrons. The number of carbonyl (C=O) groups is 3. The molecule has 4 aliphatic rings. The number of fused-ring (bicyclic) bond motifs is 1. The minimum Gasteiger partial charge on any atom is -0.489 e. The summed E-state index contributed by atoms with van der Waals surface area (Å²) >= 11 is 6.24. The molecule has 4 fully saturated rings. The molecule has 3 saturated heterocycles. The summed E-state index contributed by atoms with van der Waals surface area (Å²) in [6.07, 6.45) is 7.20. The molecule has 0 spiro atoms. The second kappa shape index (κ2) is 15.9. The molecule has 2 N–H and O–H groups in total. The third kappa shape index (κ3) is 7.83. The average Bonchev–Trinajstić information content (AvgIpc) is 3.22. The van der Waals surface area contributed by atoms with Crippen LogP contribution in [0, 0.1) is 28.1 Å². The fourth-order valence-corrected chi connectivity index (χ4v) is 10.00.